The van der Waals surface area contributed by atoms with Crippen LogP contribution in [0.4, 0.5) is 0 Å². The Morgan fingerprint density at radius 1 is 1.27 bits per heavy atom. The first-order valence-corrected chi connectivity index (χ1v) is 6.69. The van der Waals surface area contributed by atoms with Crippen molar-refractivity contribution in [3.63, 3.8) is 0 Å². The molecule has 1 aromatic rings. The Morgan fingerprint density at radius 3 is 2.73 bits per heavy atom. The molecule has 0 aromatic carbocycles. The van der Waals surface area contributed by atoms with E-state index in [1.165, 1.54) is 32.1 Å². The fourth-order valence-corrected chi connectivity index (χ4v) is 2.81. The highest BCUT2D eigenvalue weighted by atomic mass is 127. The molecule has 0 atom stereocenters. The SMILES string of the molecule is O=c1ccc(I)cn1CC1CCCCC1. The first-order valence-electron chi connectivity index (χ1n) is 5.62. The third-order valence-electron chi connectivity index (χ3n) is 3.13. The molecule has 1 aromatic heterocycles. The number of aromatic nitrogens is 1. The van der Waals surface area contributed by atoms with E-state index in [1.54, 1.807) is 6.07 Å². The number of pyridine rings is 1. The molecule has 0 amide bonds. The monoisotopic (exact) mass is 317 g/mol. The summed E-state index contributed by atoms with van der Waals surface area (Å²) in [7, 11) is 0. The van der Waals surface area contributed by atoms with E-state index in [9.17, 15) is 4.79 Å². The summed E-state index contributed by atoms with van der Waals surface area (Å²) in [4.78, 5) is 11.6. The molecule has 82 valence electrons. The van der Waals surface area contributed by atoms with Gasteiger partial charge >= 0.3 is 0 Å². The summed E-state index contributed by atoms with van der Waals surface area (Å²) in [5.41, 5.74) is 0.140. The third kappa shape index (κ3) is 3.06. The Morgan fingerprint density at radius 2 is 2.00 bits per heavy atom. The van der Waals surface area contributed by atoms with Crippen molar-refractivity contribution in [2.75, 3.05) is 0 Å². The quantitative estimate of drug-likeness (QED) is 0.769. The van der Waals surface area contributed by atoms with Gasteiger partial charge in [0.05, 0.1) is 0 Å². The Hall–Kier alpha value is -0.320. The molecule has 2 nitrogen and oxygen atoms in total. The third-order valence-corrected chi connectivity index (χ3v) is 3.77. The summed E-state index contributed by atoms with van der Waals surface area (Å²) in [5, 5.41) is 0. The molecule has 0 spiro atoms. The average Bonchev–Trinajstić information content (AvgIpc) is 2.25. The molecule has 1 fully saturated rings. The second-order valence-electron chi connectivity index (χ2n) is 4.34. The molecule has 1 aliphatic carbocycles. The van der Waals surface area contributed by atoms with Gasteiger partial charge in [-0.05, 0) is 47.4 Å². The molecule has 3 heteroatoms. The van der Waals surface area contributed by atoms with Gasteiger partial charge in [-0.1, -0.05) is 19.3 Å². The number of rotatable bonds is 2. The molecular formula is C12H16INO. The van der Waals surface area contributed by atoms with E-state index in [2.05, 4.69) is 22.6 Å². The van der Waals surface area contributed by atoms with Gasteiger partial charge in [-0.2, -0.15) is 0 Å². The van der Waals surface area contributed by atoms with Crippen molar-refractivity contribution in [2.45, 2.75) is 38.6 Å². The van der Waals surface area contributed by atoms with Crippen LogP contribution in [0.2, 0.25) is 0 Å². The lowest BCUT2D eigenvalue weighted by molar-refractivity contribution is 0.316. The van der Waals surface area contributed by atoms with Crippen LogP contribution in [0, 0.1) is 9.49 Å². The van der Waals surface area contributed by atoms with Crippen molar-refractivity contribution >= 4 is 22.6 Å². The fourth-order valence-electron chi connectivity index (χ4n) is 2.29. The van der Waals surface area contributed by atoms with Gasteiger partial charge in [-0.3, -0.25) is 4.79 Å². The van der Waals surface area contributed by atoms with Crippen molar-refractivity contribution in [1.29, 1.82) is 0 Å². The lowest BCUT2D eigenvalue weighted by Crippen LogP contribution is -2.24. The average molecular weight is 317 g/mol. The van der Waals surface area contributed by atoms with Gasteiger partial charge in [-0.15, -0.1) is 0 Å². The summed E-state index contributed by atoms with van der Waals surface area (Å²) in [6.07, 6.45) is 8.59. The number of halogens is 1. The molecule has 0 bridgehead atoms. The molecule has 1 heterocycles. The molecule has 0 N–H and O–H groups in total. The molecular weight excluding hydrogens is 301 g/mol. The highest BCUT2D eigenvalue weighted by Gasteiger charge is 2.14. The molecule has 0 unspecified atom stereocenters. The van der Waals surface area contributed by atoms with E-state index in [0.29, 0.717) is 0 Å². The summed E-state index contributed by atoms with van der Waals surface area (Å²) in [5.74, 6) is 0.717. The number of hydrogen-bond donors (Lipinski definition) is 0. The van der Waals surface area contributed by atoms with Crippen LogP contribution in [0.5, 0.6) is 0 Å². The van der Waals surface area contributed by atoms with Gasteiger partial charge in [0.15, 0.2) is 0 Å². The lowest BCUT2D eigenvalue weighted by atomic mass is 9.89. The van der Waals surface area contributed by atoms with Crippen LogP contribution in [0.15, 0.2) is 23.1 Å². The van der Waals surface area contributed by atoms with Gasteiger partial charge in [-0.25, -0.2) is 0 Å². The van der Waals surface area contributed by atoms with Crippen LogP contribution < -0.4 is 5.56 Å². The minimum absolute atomic E-state index is 0.140. The second kappa shape index (κ2) is 5.14. The lowest BCUT2D eigenvalue weighted by Gasteiger charge is -2.22. The van der Waals surface area contributed by atoms with E-state index in [-0.39, 0.29) is 5.56 Å². The zero-order chi connectivity index (χ0) is 10.7. The largest absolute Gasteiger partial charge is 0.314 e. The molecule has 0 saturated heterocycles. The van der Waals surface area contributed by atoms with Gasteiger partial charge in [0.25, 0.3) is 5.56 Å². The van der Waals surface area contributed by atoms with E-state index < -0.39 is 0 Å². The first-order chi connectivity index (χ1) is 7.25. The second-order valence-corrected chi connectivity index (χ2v) is 5.59. The van der Waals surface area contributed by atoms with E-state index >= 15 is 0 Å². The minimum atomic E-state index is 0.140. The van der Waals surface area contributed by atoms with Crippen LogP contribution in [-0.4, -0.2) is 4.57 Å². The smallest absolute Gasteiger partial charge is 0.250 e. The van der Waals surface area contributed by atoms with Gasteiger partial charge < -0.3 is 4.57 Å². The van der Waals surface area contributed by atoms with E-state index in [1.807, 2.05) is 16.8 Å². The zero-order valence-corrected chi connectivity index (χ0v) is 10.9. The fraction of sp³-hybridized carbons (Fsp3) is 0.583. The topological polar surface area (TPSA) is 22.0 Å². The molecule has 1 aliphatic rings. The minimum Gasteiger partial charge on any atom is -0.314 e. The number of nitrogens with zero attached hydrogens (tertiary/aromatic N) is 1. The highest BCUT2D eigenvalue weighted by Crippen LogP contribution is 2.24. The van der Waals surface area contributed by atoms with Crippen molar-refractivity contribution in [2.24, 2.45) is 5.92 Å². The van der Waals surface area contributed by atoms with Gasteiger partial charge in [0.2, 0.25) is 0 Å². The maximum atomic E-state index is 11.6. The number of hydrogen-bond acceptors (Lipinski definition) is 1. The standard InChI is InChI=1S/C12H16INO/c13-11-6-7-12(15)14(9-11)8-10-4-2-1-3-5-10/h6-7,9-10H,1-5,8H2. The van der Waals surface area contributed by atoms with Crippen LogP contribution >= 0.6 is 22.6 Å². The Bertz CT molecular complexity index is 379. The van der Waals surface area contributed by atoms with Crippen molar-refractivity contribution in [3.8, 4) is 0 Å². The van der Waals surface area contributed by atoms with Crippen LogP contribution in [0.3, 0.4) is 0 Å². The first kappa shape index (κ1) is 11.2. The highest BCUT2D eigenvalue weighted by molar-refractivity contribution is 14.1. The molecule has 0 aliphatic heterocycles. The molecule has 15 heavy (non-hydrogen) atoms. The van der Waals surface area contributed by atoms with Crippen molar-refractivity contribution in [1.82, 2.24) is 4.57 Å². The van der Waals surface area contributed by atoms with Crippen LogP contribution in [0.1, 0.15) is 32.1 Å². The van der Waals surface area contributed by atoms with Gasteiger partial charge in [0.1, 0.15) is 0 Å². The summed E-state index contributed by atoms with van der Waals surface area (Å²) < 4.78 is 3.01. The van der Waals surface area contributed by atoms with E-state index in [4.69, 9.17) is 0 Å². The Labute approximate surface area is 104 Å². The van der Waals surface area contributed by atoms with Crippen LogP contribution in [-0.2, 0) is 6.54 Å². The molecule has 2 rings (SSSR count). The normalized spacial score (nSPS) is 17.9. The van der Waals surface area contributed by atoms with Crippen LogP contribution in [0.25, 0.3) is 0 Å². The predicted molar refractivity (Wildman–Crippen MR) is 70.0 cm³/mol. The van der Waals surface area contributed by atoms with Crippen molar-refractivity contribution in [3.05, 3.63) is 32.3 Å². The maximum Gasteiger partial charge on any atom is 0.250 e. The van der Waals surface area contributed by atoms with Gasteiger partial charge in [0, 0.05) is 22.4 Å². The summed E-state index contributed by atoms with van der Waals surface area (Å²) in [6, 6.07) is 3.55. The predicted octanol–water partition coefficient (Wildman–Crippen LogP) is 3.03. The summed E-state index contributed by atoms with van der Waals surface area (Å²) in [6.45, 7) is 0.912. The zero-order valence-electron chi connectivity index (χ0n) is 8.79. The van der Waals surface area contributed by atoms with E-state index in [0.717, 1.165) is 16.0 Å². The summed E-state index contributed by atoms with van der Waals surface area (Å²) >= 11 is 2.26. The Kier molecular flexibility index (Phi) is 3.83. The Balaban J connectivity index is 2.09. The molecule has 0 radical (unpaired) electrons. The maximum absolute atomic E-state index is 11.6. The van der Waals surface area contributed by atoms with Crippen molar-refractivity contribution < 1.29 is 0 Å². The molecule has 1 saturated carbocycles.